The first-order chi connectivity index (χ1) is 19.1. The summed E-state index contributed by atoms with van der Waals surface area (Å²) in [5, 5.41) is 2.54. The third-order valence-electron chi connectivity index (χ3n) is 8.29. The summed E-state index contributed by atoms with van der Waals surface area (Å²) in [6.45, 7) is 8.67. The quantitative estimate of drug-likeness (QED) is 0.310. The minimum absolute atomic E-state index is 0.210. The van der Waals surface area contributed by atoms with Crippen molar-refractivity contribution in [3.8, 4) is 0 Å². The van der Waals surface area contributed by atoms with Crippen LogP contribution in [0.4, 0.5) is 0 Å². The highest BCUT2D eigenvalue weighted by Crippen LogP contribution is 2.57. The summed E-state index contributed by atoms with van der Waals surface area (Å²) < 4.78 is 0. The summed E-state index contributed by atoms with van der Waals surface area (Å²) in [5.74, 6) is 0.452. The molecule has 0 aromatic heterocycles. The first kappa shape index (κ1) is 25.1. The van der Waals surface area contributed by atoms with Crippen LogP contribution in [0.5, 0.6) is 0 Å². The number of fused-ring (bicyclic) bond motifs is 4. The van der Waals surface area contributed by atoms with Crippen molar-refractivity contribution in [2.45, 2.75) is 38.5 Å². The average molecular weight is 505 g/mol. The Morgan fingerprint density at radius 3 is 2.56 bits per heavy atom. The lowest BCUT2D eigenvalue weighted by Crippen LogP contribution is -2.29. The topological polar surface area (TPSA) is 0 Å². The van der Waals surface area contributed by atoms with Crippen molar-refractivity contribution in [2.75, 3.05) is 0 Å². The molecule has 192 valence electrons. The van der Waals surface area contributed by atoms with E-state index in [-0.39, 0.29) is 5.41 Å². The summed E-state index contributed by atoms with van der Waals surface area (Å²) in [4.78, 5) is 0. The minimum Gasteiger partial charge on any atom is -0.0990 e. The molecule has 1 unspecified atom stereocenters. The molecule has 1 atom stereocenters. The first-order valence-electron chi connectivity index (χ1n) is 14.2. The van der Waals surface area contributed by atoms with Gasteiger partial charge in [-0.05, 0) is 80.5 Å². The normalized spacial score (nSPS) is 24.2. The molecule has 0 heteroatoms. The van der Waals surface area contributed by atoms with Crippen LogP contribution in [0.25, 0.3) is 22.4 Å². The van der Waals surface area contributed by atoms with Gasteiger partial charge < -0.3 is 0 Å². The van der Waals surface area contributed by atoms with Crippen LogP contribution in [0, 0.1) is 5.92 Å². The Morgan fingerprint density at radius 1 is 0.897 bits per heavy atom. The molecule has 0 N–H and O–H groups in total. The van der Waals surface area contributed by atoms with Gasteiger partial charge in [0.15, 0.2) is 0 Å². The van der Waals surface area contributed by atoms with E-state index in [1.54, 1.807) is 0 Å². The van der Waals surface area contributed by atoms with Gasteiger partial charge in [0.1, 0.15) is 0 Å². The number of rotatable bonds is 4. The van der Waals surface area contributed by atoms with E-state index >= 15 is 0 Å². The molecule has 39 heavy (non-hydrogen) atoms. The zero-order chi connectivity index (χ0) is 26.8. The highest BCUT2D eigenvalue weighted by atomic mass is 14.5. The van der Waals surface area contributed by atoms with Crippen LogP contribution >= 0.6 is 0 Å². The molecule has 0 bridgehead atoms. The van der Waals surface area contributed by atoms with E-state index in [9.17, 15) is 0 Å². The zero-order valence-corrected chi connectivity index (χ0v) is 23.0. The Balaban J connectivity index is 1.61. The summed E-state index contributed by atoms with van der Waals surface area (Å²) in [6, 6.07) is 24.3. The van der Waals surface area contributed by atoms with Gasteiger partial charge in [-0.2, -0.15) is 0 Å². The third kappa shape index (κ3) is 4.45. The van der Waals surface area contributed by atoms with E-state index in [1.807, 2.05) is 6.08 Å². The molecule has 3 aromatic carbocycles. The molecule has 1 spiro atoms. The molecule has 0 radical (unpaired) electrons. The Hall–Kier alpha value is -4.16. The van der Waals surface area contributed by atoms with Crippen LogP contribution in [0.1, 0.15) is 49.8 Å². The molecule has 0 fully saturated rings. The molecule has 0 amide bonds. The fourth-order valence-corrected chi connectivity index (χ4v) is 6.73. The molecule has 6 rings (SSSR count). The summed E-state index contributed by atoms with van der Waals surface area (Å²) in [6.07, 6.45) is 26.0. The van der Waals surface area contributed by atoms with Gasteiger partial charge in [0.25, 0.3) is 0 Å². The first-order valence-corrected chi connectivity index (χ1v) is 14.2. The van der Waals surface area contributed by atoms with E-state index in [4.69, 9.17) is 0 Å². The van der Waals surface area contributed by atoms with Crippen LogP contribution in [-0.4, -0.2) is 0 Å². The summed E-state index contributed by atoms with van der Waals surface area (Å²) >= 11 is 0. The number of hydrogen-bond donors (Lipinski definition) is 0. The van der Waals surface area contributed by atoms with Gasteiger partial charge in [0, 0.05) is 5.41 Å². The third-order valence-corrected chi connectivity index (χ3v) is 8.29. The SMILES string of the molecule is C=C/C=C(\C=C1/CC2(C3=C1CCC=C3)C(=C\C(C)C)/C=C\C=C/c1ccccc12)c1cccc2ccccc12. The van der Waals surface area contributed by atoms with E-state index in [1.165, 1.54) is 55.3 Å². The van der Waals surface area contributed by atoms with Gasteiger partial charge in [-0.1, -0.05) is 148 Å². The van der Waals surface area contributed by atoms with Gasteiger partial charge in [0.05, 0.1) is 0 Å². The van der Waals surface area contributed by atoms with Gasteiger partial charge in [-0.15, -0.1) is 0 Å². The Kier molecular flexibility index (Phi) is 6.79. The maximum Gasteiger partial charge on any atom is 0.0497 e. The van der Waals surface area contributed by atoms with Crippen LogP contribution in [0.2, 0.25) is 0 Å². The zero-order valence-electron chi connectivity index (χ0n) is 23.0. The second-order valence-corrected chi connectivity index (χ2v) is 11.1. The smallest absolute Gasteiger partial charge is 0.0497 e. The highest BCUT2D eigenvalue weighted by molar-refractivity contribution is 5.97. The monoisotopic (exact) mass is 504 g/mol. The standard InChI is InChI=1S/C39H36/c1-4-14-31(35-22-13-18-29-15-6-9-20-34(29)35)26-32-27-39(38-24-12-10-21-36(32)38)33(25-28(2)3)19-8-5-16-30-17-7-11-23-37(30)39/h4-9,11-20,22-26,28H,1,10,21,27H2,2-3H3/b16-5-,19-8-,31-14+,32-26+,33-25-. The molecule has 3 aliphatic carbocycles. The molecule has 0 saturated carbocycles. The molecular weight excluding hydrogens is 468 g/mol. The van der Waals surface area contributed by atoms with Crippen LogP contribution in [0.15, 0.2) is 150 Å². The fourth-order valence-electron chi connectivity index (χ4n) is 6.73. The van der Waals surface area contributed by atoms with Gasteiger partial charge >= 0.3 is 0 Å². The maximum atomic E-state index is 4.09. The maximum absolute atomic E-state index is 4.09. The predicted molar refractivity (Wildman–Crippen MR) is 169 cm³/mol. The van der Waals surface area contributed by atoms with E-state index in [0.29, 0.717) is 5.92 Å². The van der Waals surface area contributed by atoms with Gasteiger partial charge in [-0.25, -0.2) is 0 Å². The molecule has 0 saturated heterocycles. The largest absolute Gasteiger partial charge is 0.0990 e. The van der Waals surface area contributed by atoms with Crippen molar-refractivity contribution < 1.29 is 0 Å². The van der Waals surface area contributed by atoms with E-state index in [2.05, 4.69) is 142 Å². The van der Waals surface area contributed by atoms with Crippen molar-refractivity contribution >= 4 is 22.4 Å². The van der Waals surface area contributed by atoms with Gasteiger partial charge in [-0.3, -0.25) is 0 Å². The number of benzene rings is 3. The molecular formula is C39H36. The van der Waals surface area contributed by atoms with Crippen molar-refractivity contribution in [1.29, 1.82) is 0 Å². The highest BCUT2D eigenvalue weighted by Gasteiger charge is 2.47. The summed E-state index contributed by atoms with van der Waals surface area (Å²) in [5.41, 5.74) is 10.8. The van der Waals surface area contributed by atoms with Crippen LogP contribution < -0.4 is 0 Å². The Labute approximate surface area is 233 Å². The fraction of sp³-hybridized carbons (Fsp3) is 0.179. The van der Waals surface area contributed by atoms with E-state index < -0.39 is 0 Å². The second-order valence-electron chi connectivity index (χ2n) is 11.1. The molecule has 3 aliphatic rings. The average Bonchev–Trinajstić information content (AvgIpc) is 3.28. The van der Waals surface area contributed by atoms with E-state index in [0.717, 1.165) is 19.3 Å². The predicted octanol–water partition coefficient (Wildman–Crippen LogP) is 10.5. The lowest BCUT2D eigenvalue weighted by Gasteiger charge is -2.37. The van der Waals surface area contributed by atoms with Crippen molar-refractivity contribution in [1.82, 2.24) is 0 Å². The second kappa shape index (κ2) is 10.5. The van der Waals surface area contributed by atoms with Gasteiger partial charge in [0.2, 0.25) is 0 Å². The van der Waals surface area contributed by atoms with Crippen molar-refractivity contribution in [2.24, 2.45) is 5.92 Å². The van der Waals surface area contributed by atoms with Crippen LogP contribution in [0.3, 0.4) is 0 Å². The number of allylic oxidation sites excluding steroid dienone is 14. The molecule has 0 nitrogen and oxygen atoms in total. The Bertz CT molecular complexity index is 1650. The molecule has 3 aromatic rings. The molecule has 0 aliphatic heterocycles. The summed E-state index contributed by atoms with van der Waals surface area (Å²) in [7, 11) is 0. The molecule has 0 heterocycles. The lowest BCUT2D eigenvalue weighted by atomic mass is 9.65. The van der Waals surface area contributed by atoms with Crippen molar-refractivity contribution in [3.63, 3.8) is 0 Å². The lowest BCUT2D eigenvalue weighted by molar-refractivity contribution is 0.626. The number of hydrogen-bond acceptors (Lipinski definition) is 0. The van der Waals surface area contributed by atoms with Crippen molar-refractivity contribution in [3.05, 3.63) is 167 Å². The minimum atomic E-state index is -0.210. The Morgan fingerprint density at radius 2 is 1.69 bits per heavy atom. The van der Waals surface area contributed by atoms with Crippen LogP contribution in [-0.2, 0) is 5.41 Å².